The van der Waals surface area contributed by atoms with Crippen molar-refractivity contribution in [1.29, 1.82) is 0 Å². The fourth-order valence-electron chi connectivity index (χ4n) is 2.16. The third-order valence-corrected chi connectivity index (χ3v) is 3.17. The molecule has 20 heavy (non-hydrogen) atoms. The maximum absolute atomic E-state index is 5.65. The number of hydrogen-bond acceptors (Lipinski definition) is 2. The number of nitrogens with zero attached hydrogens (tertiary/aromatic N) is 1. The SMILES string of the molecule is CC(C)OCc1cccc(-c2nc3ccccc3[nH]2)c1. The summed E-state index contributed by atoms with van der Waals surface area (Å²) in [6.07, 6.45) is 0.241. The molecule has 0 aliphatic heterocycles. The first kappa shape index (κ1) is 12.9. The van der Waals surface area contributed by atoms with Crippen molar-refractivity contribution < 1.29 is 4.74 Å². The summed E-state index contributed by atoms with van der Waals surface area (Å²) in [5.41, 5.74) is 4.31. The van der Waals surface area contributed by atoms with Gasteiger partial charge < -0.3 is 9.72 Å². The van der Waals surface area contributed by atoms with E-state index in [-0.39, 0.29) is 6.10 Å². The van der Waals surface area contributed by atoms with Crippen LogP contribution in [0.5, 0.6) is 0 Å². The highest BCUT2D eigenvalue weighted by molar-refractivity contribution is 5.79. The Hall–Kier alpha value is -2.13. The molecule has 2 aromatic carbocycles. The van der Waals surface area contributed by atoms with Gasteiger partial charge in [-0.2, -0.15) is 0 Å². The molecule has 0 unspecified atom stereocenters. The standard InChI is InChI=1S/C17H18N2O/c1-12(2)20-11-13-6-5-7-14(10-13)17-18-15-8-3-4-9-16(15)19-17/h3-10,12H,11H2,1-2H3,(H,18,19). The van der Waals surface area contributed by atoms with Gasteiger partial charge in [-0.15, -0.1) is 0 Å². The minimum atomic E-state index is 0.241. The van der Waals surface area contributed by atoms with Crippen molar-refractivity contribution in [2.45, 2.75) is 26.6 Å². The third kappa shape index (κ3) is 2.73. The van der Waals surface area contributed by atoms with Crippen LogP contribution in [-0.4, -0.2) is 16.1 Å². The van der Waals surface area contributed by atoms with Crippen molar-refractivity contribution in [1.82, 2.24) is 9.97 Å². The molecule has 1 aromatic heterocycles. The second-order valence-electron chi connectivity index (χ2n) is 5.16. The molecule has 0 radical (unpaired) electrons. The number of aromatic nitrogens is 2. The van der Waals surface area contributed by atoms with E-state index in [1.165, 1.54) is 0 Å². The summed E-state index contributed by atoms with van der Waals surface area (Å²) in [4.78, 5) is 7.97. The molecule has 0 bridgehead atoms. The summed E-state index contributed by atoms with van der Waals surface area (Å²) in [5.74, 6) is 0.901. The second-order valence-corrected chi connectivity index (χ2v) is 5.16. The topological polar surface area (TPSA) is 37.9 Å². The van der Waals surface area contributed by atoms with Gasteiger partial charge in [-0.05, 0) is 37.6 Å². The smallest absolute Gasteiger partial charge is 0.138 e. The number of hydrogen-bond donors (Lipinski definition) is 1. The quantitative estimate of drug-likeness (QED) is 0.770. The molecule has 1 heterocycles. The largest absolute Gasteiger partial charge is 0.374 e. The average Bonchev–Trinajstić information content (AvgIpc) is 2.89. The molecule has 0 spiro atoms. The van der Waals surface area contributed by atoms with Gasteiger partial charge in [0.15, 0.2) is 0 Å². The fraction of sp³-hybridized carbons (Fsp3) is 0.235. The Morgan fingerprint density at radius 2 is 1.95 bits per heavy atom. The van der Waals surface area contributed by atoms with Gasteiger partial charge in [0.25, 0.3) is 0 Å². The van der Waals surface area contributed by atoms with Crippen LogP contribution in [0.2, 0.25) is 0 Å². The zero-order valence-electron chi connectivity index (χ0n) is 11.8. The lowest BCUT2D eigenvalue weighted by Gasteiger charge is -2.08. The first-order chi connectivity index (χ1) is 9.72. The van der Waals surface area contributed by atoms with E-state index in [0.717, 1.165) is 28.0 Å². The fourth-order valence-corrected chi connectivity index (χ4v) is 2.16. The van der Waals surface area contributed by atoms with Gasteiger partial charge in [0, 0.05) is 5.56 Å². The highest BCUT2D eigenvalue weighted by atomic mass is 16.5. The maximum Gasteiger partial charge on any atom is 0.138 e. The zero-order valence-corrected chi connectivity index (χ0v) is 11.8. The molecule has 0 saturated carbocycles. The molecule has 1 N–H and O–H groups in total. The van der Waals surface area contributed by atoms with Crippen LogP contribution in [0.15, 0.2) is 48.5 Å². The molecule has 3 heteroatoms. The molecule has 0 aliphatic rings. The first-order valence-electron chi connectivity index (χ1n) is 6.88. The van der Waals surface area contributed by atoms with Crippen molar-refractivity contribution in [3.05, 3.63) is 54.1 Å². The number of benzene rings is 2. The van der Waals surface area contributed by atoms with Gasteiger partial charge >= 0.3 is 0 Å². The monoisotopic (exact) mass is 266 g/mol. The molecule has 102 valence electrons. The van der Waals surface area contributed by atoms with Crippen LogP contribution in [0.25, 0.3) is 22.4 Å². The van der Waals surface area contributed by atoms with Crippen LogP contribution in [0, 0.1) is 0 Å². The molecule has 3 rings (SSSR count). The van der Waals surface area contributed by atoms with Crippen LogP contribution in [0.1, 0.15) is 19.4 Å². The second kappa shape index (κ2) is 5.47. The average molecular weight is 266 g/mol. The van der Waals surface area contributed by atoms with E-state index in [1.54, 1.807) is 0 Å². The van der Waals surface area contributed by atoms with Gasteiger partial charge in [0.2, 0.25) is 0 Å². The lowest BCUT2D eigenvalue weighted by Crippen LogP contribution is -2.02. The van der Waals surface area contributed by atoms with Gasteiger partial charge in [-0.25, -0.2) is 4.98 Å². The molecule has 3 aromatic rings. The molecule has 0 amide bonds. The Morgan fingerprint density at radius 3 is 2.75 bits per heavy atom. The summed E-state index contributed by atoms with van der Waals surface area (Å²) in [5, 5.41) is 0. The molecule has 0 fully saturated rings. The van der Waals surface area contributed by atoms with Crippen LogP contribution >= 0.6 is 0 Å². The number of imidazole rings is 1. The van der Waals surface area contributed by atoms with E-state index in [2.05, 4.69) is 28.2 Å². The molecular formula is C17H18N2O. The Bertz CT molecular complexity index is 683. The van der Waals surface area contributed by atoms with E-state index >= 15 is 0 Å². The summed E-state index contributed by atoms with van der Waals surface area (Å²) in [6.45, 7) is 4.72. The van der Waals surface area contributed by atoms with Gasteiger partial charge in [0.1, 0.15) is 5.82 Å². The van der Waals surface area contributed by atoms with Crippen molar-refractivity contribution in [3.8, 4) is 11.4 Å². The summed E-state index contributed by atoms with van der Waals surface area (Å²) < 4.78 is 5.65. The lowest BCUT2D eigenvalue weighted by atomic mass is 10.1. The Balaban J connectivity index is 1.91. The molecule has 3 nitrogen and oxygen atoms in total. The molecule has 0 atom stereocenters. The van der Waals surface area contributed by atoms with E-state index in [4.69, 9.17) is 4.74 Å². The lowest BCUT2D eigenvalue weighted by molar-refractivity contribution is 0.0657. The van der Waals surface area contributed by atoms with Gasteiger partial charge in [-0.1, -0.05) is 30.3 Å². The number of para-hydroxylation sites is 2. The summed E-state index contributed by atoms with van der Waals surface area (Å²) in [6, 6.07) is 16.4. The number of nitrogens with one attached hydrogen (secondary N) is 1. The summed E-state index contributed by atoms with van der Waals surface area (Å²) in [7, 11) is 0. The number of aromatic amines is 1. The first-order valence-corrected chi connectivity index (χ1v) is 6.88. The predicted molar refractivity (Wildman–Crippen MR) is 81.5 cm³/mol. The van der Waals surface area contributed by atoms with E-state index < -0.39 is 0 Å². The summed E-state index contributed by atoms with van der Waals surface area (Å²) >= 11 is 0. The molecular weight excluding hydrogens is 248 g/mol. The maximum atomic E-state index is 5.65. The van der Waals surface area contributed by atoms with E-state index in [1.807, 2.05) is 44.2 Å². The van der Waals surface area contributed by atoms with Crippen molar-refractivity contribution >= 4 is 11.0 Å². The van der Waals surface area contributed by atoms with Crippen LogP contribution in [0.4, 0.5) is 0 Å². The molecule has 0 aliphatic carbocycles. The van der Waals surface area contributed by atoms with E-state index in [9.17, 15) is 0 Å². The number of H-pyrrole nitrogens is 1. The van der Waals surface area contributed by atoms with Gasteiger partial charge in [0.05, 0.1) is 23.7 Å². The highest BCUT2D eigenvalue weighted by Crippen LogP contribution is 2.21. The number of fused-ring (bicyclic) bond motifs is 1. The van der Waals surface area contributed by atoms with Crippen LogP contribution in [0.3, 0.4) is 0 Å². The Labute approximate surface area is 118 Å². The van der Waals surface area contributed by atoms with E-state index in [0.29, 0.717) is 6.61 Å². The number of ether oxygens (including phenoxy) is 1. The zero-order chi connectivity index (χ0) is 13.9. The van der Waals surface area contributed by atoms with Crippen LogP contribution in [-0.2, 0) is 11.3 Å². The van der Waals surface area contributed by atoms with Crippen molar-refractivity contribution in [3.63, 3.8) is 0 Å². The van der Waals surface area contributed by atoms with Crippen LogP contribution < -0.4 is 0 Å². The normalized spacial score (nSPS) is 11.3. The third-order valence-electron chi connectivity index (χ3n) is 3.17. The minimum Gasteiger partial charge on any atom is -0.374 e. The Kier molecular flexibility index (Phi) is 3.52. The van der Waals surface area contributed by atoms with Crippen molar-refractivity contribution in [2.24, 2.45) is 0 Å². The molecule has 0 saturated heterocycles. The van der Waals surface area contributed by atoms with Gasteiger partial charge in [-0.3, -0.25) is 0 Å². The minimum absolute atomic E-state index is 0.241. The number of rotatable bonds is 4. The predicted octanol–water partition coefficient (Wildman–Crippen LogP) is 4.15. The van der Waals surface area contributed by atoms with Crippen molar-refractivity contribution in [2.75, 3.05) is 0 Å². The highest BCUT2D eigenvalue weighted by Gasteiger charge is 2.05. The Morgan fingerprint density at radius 1 is 1.10 bits per heavy atom.